The molecule has 7 heteroatoms. The average Bonchev–Trinajstić information content (AvgIpc) is 2.65. The number of anilines is 2. The Bertz CT molecular complexity index is 842. The summed E-state index contributed by atoms with van der Waals surface area (Å²) in [6.45, 7) is 5.76. The van der Waals surface area contributed by atoms with Crippen LogP contribution in [0.4, 0.5) is 16.2 Å². The maximum Gasteiger partial charge on any atom is 0.411 e. The molecule has 148 valence electrons. The van der Waals surface area contributed by atoms with Crippen LogP contribution in [0.1, 0.15) is 28.4 Å². The number of carbonyl (C=O) groups excluding carboxylic acids is 3. The lowest BCUT2D eigenvalue weighted by molar-refractivity contribution is -0.116. The highest BCUT2D eigenvalue weighted by Gasteiger charge is 2.16. The van der Waals surface area contributed by atoms with Crippen molar-refractivity contribution in [1.82, 2.24) is 4.90 Å². The van der Waals surface area contributed by atoms with E-state index in [0.29, 0.717) is 11.3 Å². The van der Waals surface area contributed by atoms with Crippen molar-refractivity contribution in [2.24, 2.45) is 0 Å². The lowest BCUT2D eigenvalue weighted by atomic mass is 10.1. The molecule has 0 spiro atoms. The minimum atomic E-state index is -0.554. The standard InChI is InChI=1S/C21H25N3O4/c1-5-28-21(27)22-17-11-9-16(10-12-17)20(26)24(4)13-18(25)23-19-14(2)7-6-8-15(19)3/h6-12H,5,13H2,1-4H3,(H,22,27)(H,23,25). The number of carbonyl (C=O) groups is 3. The predicted molar refractivity (Wildman–Crippen MR) is 109 cm³/mol. The molecule has 0 atom stereocenters. The molecule has 0 fully saturated rings. The Morgan fingerprint density at radius 3 is 2.14 bits per heavy atom. The number of para-hydroxylation sites is 1. The monoisotopic (exact) mass is 383 g/mol. The van der Waals surface area contributed by atoms with E-state index in [1.807, 2.05) is 32.0 Å². The van der Waals surface area contributed by atoms with E-state index in [2.05, 4.69) is 10.6 Å². The van der Waals surface area contributed by atoms with E-state index in [1.165, 1.54) is 4.90 Å². The number of nitrogens with zero attached hydrogens (tertiary/aromatic N) is 1. The van der Waals surface area contributed by atoms with Crippen molar-refractivity contribution in [3.05, 3.63) is 59.2 Å². The fourth-order valence-corrected chi connectivity index (χ4v) is 2.68. The van der Waals surface area contributed by atoms with E-state index < -0.39 is 6.09 Å². The maximum atomic E-state index is 12.5. The summed E-state index contributed by atoms with van der Waals surface area (Å²) in [5.74, 6) is -0.562. The van der Waals surface area contributed by atoms with Crippen LogP contribution in [0.3, 0.4) is 0 Å². The number of hydrogen-bond acceptors (Lipinski definition) is 4. The Morgan fingerprint density at radius 2 is 1.57 bits per heavy atom. The summed E-state index contributed by atoms with van der Waals surface area (Å²) >= 11 is 0. The fraction of sp³-hybridized carbons (Fsp3) is 0.286. The van der Waals surface area contributed by atoms with Crippen LogP contribution in [0.5, 0.6) is 0 Å². The molecule has 2 aromatic carbocycles. The summed E-state index contributed by atoms with van der Waals surface area (Å²) in [5.41, 5.74) is 3.63. The van der Waals surface area contributed by atoms with Crippen molar-refractivity contribution in [3.8, 4) is 0 Å². The van der Waals surface area contributed by atoms with Gasteiger partial charge in [-0.25, -0.2) is 4.79 Å². The molecule has 0 saturated heterocycles. The Kier molecular flexibility index (Phi) is 7.14. The summed E-state index contributed by atoms with van der Waals surface area (Å²) in [6.07, 6.45) is -0.554. The van der Waals surface area contributed by atoms with E-state index >= 15 is 0 Å². The molecular formula is C21H25N3O4. The van der Waals surface area contributed by atoms with Gasteiger partial charge in [0.1, 0.15) is 0 Å². The molecule has 0 aliphatic heterocycles. The van der Waals surface area contributed by atoms with E-state index in [-0.39, 0.29) is 25.0 Å². The maximum absolute atomic E-state index is 12.5. The highest BCUT2D eigenvalue weighted by molar-refractivity contribution is 6.00. The number of aryl methyl sites for hydroxylation is 2. The van der Waals surface area contributed by atoms with Gasteiger partial charge >= 0.3 is 6.09 Å². The summed E-state index contributed by atoms with van der Waals surface area (Å²) in [4.78, 5) is 37.6. The Balaban J connectivity index is 1.96. The van der Waals surface area contributed by atoms with Crippen molar-refractivity contribution in [1.29, 1.82) is 0 Å². The van der Waals surface area contributed by atoms with E-state index in [4.69, 9.17) is 4.74 Å². The molecule has 0 saturated carbocycles. The third-order valence-corrected chi connectivity index (χ3v) is 4.13. The van der Waals surface area contributed by atoms with Gasteiger partial charge in [-0.3, -0.25) is 14.9 Å². The molecule has 7 nitrogen and oxygen atoms in total. The Labute approximate surface area is 164 Å². The lowest BCUT2D eigenvalue weighted by Gasteiger charge is -2.18. The topological polar surface area (TPSA) is 87.7 Å². The first-order valence-electron chi connectivity index (χ1n) is 8.97. The lowest BCUT2D eigenvalue weighted by Crippen LogP contribution is -2.35. The number of amides is 3. The molecule has 2 N–H and O–H groups in total. The first kappa shape index (κ1) is 21.0. The average molecular weight is 383 g/mol. The van der Waals surface area contributed by atoms with Crippen molar-refractivity contribution in [3.63, 3.8) is 0 Å². The Morgan fingerprint density at radius 1 is 0.964 bits per heavy atom. The molecule has 2 rings (SSSR count). The molecular weight excluding hydrogens is 358 g/mol. The third-order valence-electron chi connectivity index (χ3n) is 4.13. The van der Waals surface area contributed by atoms with Gasteiger partial charge < -0.3 is 15.0 Å². The number of likely N-dealkylation sites (N-methyl/N-ethyl adjacent to an activating group) is 1. The van der Waals surface area contributed by atoms with Crippen LogP contribution in [0.15, 0.2) is 42.5 Å². The number of nitrogens with one attached hydrogen (secondary N) is 2. The molecule has 2 aromatic rings. The van der Waals surface area contributed by atoms with Crippen molar-refractivity contribution in [2.45, 2.75) is 20.8 Å². The van der Waals surface area contributed by atoms with E-state index in [9.17, 15) is 14.4 Å². The quantitative estimate of drug-likeness (QED) is 0.798. The van der Waals surface area contributed by atoms with Gasteiger partial charge in [0.25, 0.3) is 5.91 Å². The smallest absolute Gasteiger partial charge is 0.411 e. The van der Waals surface area contributed by atoms with Gasteiger partial charge in [-0.1, -0.05) is 18.2 Å². The second kappa shape index (κ2) is 9.55. The minimum absolute atomic E-state index is 0.0740. The molecule has 28 heavy (non-hydrogen) atoms. The predicted octanol–water partition coefficient (Wildman–Crippen LogP) is 3.58. The van der Waals surface area contributed by atoms with E-state index in [0.717, 1.165) is 16.8 Å². The van der Waals surface area contributed by atoms with Crippen molar-refractivity contribution < 1.29 is 19.1 Å². The van der Waals surface area contributed by atoms with Crippen LogP contribution in [0.2, 0.25) is 0 Å². The van der Waals surface area contributed by atoms with Crippen LogP contribution in [-0.4, -0.2) is 43.0 Å². The first-order valence-corrected chi connectivity index (χ1v) is 8.97. The van der Waals surface area contributed by atoms with Gasteiger partial charge in [-0.2, -0.15) is 0 Å². The van der Waals surface area contributed by atoms with Crippen molar-refractivity contribution >= 4 is 29.3 Å². The van der Waals surface area contributed by atoms with Crippen molar-refractivity contribution in [2.75, 3.05) is 30.8 Å². The molecule has 3 amide bonds. The summed E-state index contributed by atoms with van der Waals surface area (Å²) in [7, 11) is 1.57. The number of benzene rings is 2. The fourth-order valence-electron chi connectivity index (χ4n) is 2.68. The third kappa shape index (κ3) is 5.57. The summed E-state index contributed by atoms with van der Waals surface area (Å²) in [5, 5.41) is 5.42. The minimum Gasteiger partial charge on any atom is -0.450 e. The second-order valence-electron chi connectivity index (χ2n) is 6.40. The molecule has 0 radical (unpaired) electrons. The highest BCUT2D eigenvalue weighted by Crippen LogP contribution is 2.19. The van der Waals surface area contributed by atoms with E-state index in [1.54, 1.807) is 38.2 Å². The molecule has 0 aliphatic rings. The van der Waals surface area contributed by atoms with Gasteiger partial charge in [0.15, 0.2) is 0 Å². The molecule has 0 aromatic heterocycles. The largest absolute Gasteiger partial charge is 0.450 e. The molecule has 0 heterocycles. The van der Waals surface area contributed by atoms with Gasteiger partial charge in [0, 0.05) is 24.0 Å². The SMILES string of the molecule is CCOC(=O)Nc1ccc(C(=O)N(C)CC(=O)Nc2c(C)cccc2C)cc1. The number of rotatable bonds is 6. The first-order chi connectivity index (χ1) is 13.3. The van der Waals surface area contributed by atoms with Crippen LogP contribution in [0.25, 0.3) is 0 Å². The van der Waals surface area contributed by atoms with Crippen LogP contribution < -0.4 is 10.6 Å². The summed E-state index contributed by atoms with van der Waals surface area (Å²) in [6, 6.07) is 12.2. The number of ether oxygens (including phenoxy) is 1. The summed E-state index contributed by atoms with van der Waals surface area (Å²) < 4.78 is 4.80. The highest BCUT2D eigenvalue weighted by atomic mass is 16.5. The molecule has 0 bridgehead atoms. The second-order valence-corrected chi connectivity index (χ2v) is 6.40. The zero-order valence-corrected chi connectivity index (χ0v) is 16.5. The van der Waals surface area contributed by atoms with Gasteiger partial charge in [-0.15, -0.1) is 0 Å². The van der Waals surface area contributed by atoms with Crippen LogP contribution in [-0.2, 0) is 9.53 Å². The number of hydrogen-bond donors (Lipinski definition) is 2. The van der Waals surface area contributed by atoms with Crippen LogP contribution >= 0.6 is 0 Å². The normalized spacial score (nSPS) is 10.1. The molecule has 0 aliphatic carbocycles. The van der Waals surface area contributed by atoms with Gasteiger partial charge in [0.05, 0.1) is 13.2 Å². The Hall–Kier alpha value is -3.35. The van der Waals surface area contributed by atoms with Crippen LogP contribution in [0, 0.1) is 13.8 Å². The zero-order chi connectivity index (χ0) is 20.7. The van der Waals surface area contributed by atoms with Gasteiger partial charge in [0.2, 0.25) is 5.91 Å². The zero-order valence-electron chi connectivity index (χ0n) is 16.5. The molecule has 0 unspecified atom stereocenters. The van der Waals surface area contributed by atoms with Gasteiger partial charge in [-0.05, 0) is 56.2 Å².